The average Bonchev–Trinajstić information content (AvgIpc) is 3.62. The minimum Gasteiger partial charge on any atom is -0.420 e. The van der Waals surface area contributed by atoms with Crippen molar-refractivity contribution >= 4 is 5.97 Å². The predicted octanol–water partition coefficient (Wildman–Crippen LogP) is 8.84. The summed E-state index contributed by atoms with van der Waals surface area (Å²) >= 11 is 0. The number of rotatable bonds is 15. The number of ether oxygens (including phenoxy) is 1. The number of nitrogens with zero attached hydrogens (tertiary/aromatic N) is 1. The number of hydrogen-bond donors (Lipinski definition) is 0. The van der Waals surface area contributed by atoms with Crippen LogP contribution in [-0.2, 0) is 11.8 Å². The molecule has 0 amide bonds. The van der Waals surface area contributed by atoms with Gasteiger partial charge in [-0.2, -0.15) is 9.65 Å². The van der Waals surface area contributed by atoms with E-state index in [0.29, 0.717) is 17.9 Å². The molecule has 0 saturated heterocycles. The van der Waals surface area contributed by atoms with Gasteiger partial charge in [0.1, 0.15) is 0 Å². The standard InChI is InChI=1S/C31H39F2NO2/c1-3-5-7-9-10-11-13-23-17-20-27(29(33)28(23)32)36-30(35)24-15-18-25(19-16-24)31(22-34)21-26(31)14-12-8-6-4-2/h15-20,26H,3-14,21H2,1-2H3/t26-,31-/m0/s1. The molecule has 2 aromatic carbocycles. The highest BCUT2D eigenvalue weighted by Gasteiger charge is 2.55. The lowest BCUT2D eigenvalue weighted by atomic mass is 9.92. The molecular formula is C31H39F2NO2. The maximum absolute atomic E-state index is 14.6. The number of halogens is 2. The van der Waals surface area contributed by atoms with Gasteiger partial charge in [-0.05, 0) is 60.9 Å². The second-order valence-electron chi connectivity index (χ2n) is 10.2. The van der Waals surface area contributed by atoms with Gasteiger partial charge in [-0.1, -0.05) is 89.8 Å². The first-order valence-electron chi connectivity index (χ1n) is 13.7. The van der Waals surface area contributed by atoms with Crippen molar-refractivity contribution in [2.24, 2.45) is 5.92 Å². The van der Waals surface area contributed by atoms with Gasteiger partial charge < -0.3 is 4.74 Å². The van der Waals surface area contributed by atoms with Crippen LogP contribution in [0.4, 0.5) is 8.78 Å². The molecule has 1 fully saturated rings. The molecule has 0 bridgehead atoms. The molecular weight excluding hydrogens is 456 g/mol. The van der Waals surface area contributed by atoms with Gasteiger partial charge in [0.2, 0.25) is 5.82 Å². The van der Waals surface area contributed by atoms with Gasteiger partial charge in [0.05, 0.1) is 17.0 Å². The van der Waals surface area contributed by atoms with Crippen LogP contribution in [-0.4, -0.2) is 5.97 Å². The maximum atomic E-state index is 14.6. The fourth-order valence-corrected chi connectivity index (χ4v) is 5.05. The Balaban J connectivity index is 1.56. The van der Waals surface area contributed by atoms with Crippen LogP contribution in [0, 0.1) is 28.9 Å². The number of benzene rings is 2. The van der Waals surface area contributed by atoms with E-state index in [1.165, 1.54) is 50.7 Å². The van der Waals surface area contributed by atoms with Crippen molar-refractivity contribution in [2.45, 2.75) is 103 Å². The molecule has 0 N–H and O–H groups in total. The fraction of sp³-hybridized carbons (Fsp3) is 0.548. The summed E-state index contributed by atoms with van der Waals surface area (Å²) in [4.78, 5) is 12.6. The minimum absolute atomic E-state index is 0.239. The Kier molecular flexibility index (Phi) is 10.5. The molecule has 0 heterocycles. The largest absolute Gasteiger partial charge is 0.420 e. The molecule has 1 aliphatic rings. The topological polar surface area (TPSA) is 50.1 Å². The first-order valence-corrected chi connectivity index (χ1v) is 13.7. The van der Waals surface area contributed by atoms with Gasteiger partial charge >= 0.3 is 5.97 Å². The highest BCUT2D eigenvalue weighted by molar-refractivity contribution is 5.91. The van der Waals surface area contributed by atoms with E-state index in [1.807, 2.05) is 0 Å². The third kappa shape index (κ3) is 6.93. The summed E-state index contributed by atoms with van der Waals surface area (Å²) in [7, 11) is 0. The summed E-state index contributed by atoms with van der Waals surface area (Å²) in [6, 6.07) is 12.1. The lowest BCUT2D eigenvalue weighted by Gasteiger charge is -2.11. The van der Waals surface area contributed by atoms with Crippen LogP contribution < -0.4 is 4.74 Å². The fourth-order valence-electron chi connectivity index (χ4n) is 5.05. The second kappa shape index (κ2) is 13.5. The smallest absolute Gasteiger partial charge is 0.343 e. The average molecular weight is 496 g/mol. The van der Waals surface area contributed by atoms with E-state index in [2.05, 4.69) is 19.9 Å². The van der Waals surface area contributed by atoms with E-state index in [9.17, 15) is 18.8 Å². The highest BCUT2D eigenvalue weighted by atomic mass is 19.2. The Bertz CT molecular complexity index is 1040. The van der Waals surface area contributed by atoms with Crippen molar-refractivity contribution in [2.75, 3.05) is 0 Å². The van der Waals surface area contributed by atoms with Crippen LogP contribution in [0.3, 0.4) is 0 Å². The van der Waals surface area contributed by atoms with Crippen molar-refractivity contribution in [3.63, 3.8) is 0 Å². The number of aryl methyl sites for hydroxylation is 1. The molecule has 3 rings (SSSR count). The molecule has 36 heavy (non-hydrogen) atoms. The van der Waals surface area contributed by atoms with Crippen LogP contribution in [0.5, 0.6) is 5.75 Å². The molecule has 5 heteroatoms. The van der Waals surface area contributed by atoms with Gasteiger partial charge in [-0.25, -0.2) is 9.18 Å². The van der Waals surface area contributed by atoms with E-state index >= 15 is 0 Å². The van der Waals surface area contributed by atoms with Crippen LogP contribution in [0.25, 0.3) is 0 Å². The molecule has 2 atom stereocenters. The van der Waals surface area contributed by atoms with Gasteiger partial charge in [-0.3, -0.25) is 0 Å². The second-order valence-corrected chi connectivity index (χ2v) is 10.2. The molecule has 2 aromatic rings. The normalized spacial score (nSPS) is 18.6. The van der Waals surface area contributed by atoms with E-state index in [-0.39, 0.29) is 5.56 Å². The van der Waals surface area contributed by atoms with E-state index < -0.39 is 28.8 Å². The summed E-state index contributed by atoms with van der Waals surface area (Å²) < 4.78 is 34.3. The number of unbranched alkanes of at least 4 members (excludes halogenated alkanes) is 8. The zero-order valence-electron chi connectivity index (χ0n) is 21.8. The first-order chi connectivity index (χ1) is 17.5. The molecule has 0 aliphatic heterocycles. The van der Waals surface area contributed by atoms with Crippen LogP contribution in [0.15, 0.2) is 36.4 Å². The summed E-state index contributed by atoms with van der Waals surface area (Å²) in [6.07, 6.45) is 13.5. The number of nitriles is 1. The van der Waals surface area contributed by atoms with Crippen LogP contribution >= 0.6 is 0 Å². The Hall–Kier alpha value is -2.74. The molecule has 0 radical (unpaired) electrons. The Morgan fingerprint density at radius 1 is 0.917 bits per heavy atom. The SMILES string of the molecule is CCCCCCCCc1ccc(OC(=O)c2ccc([C@@]3(C#N)C[C@@H]3CCCCCC)cc2)c(F)c1F. The molecule has 1 aliphatic carbocycles. The van der Waals surface area contributed by atoms with Crippen LogP contribution in [0.1, 0.15) is 112 Å². The Morgan fingerprint density at radius 3 is 2.22 bits per heavy atom. The van der Waals surface area contributed by atoms with Crippen molar-refractivity contribution in [3.05, 3.63) is 64.7 Å². The van der Waals surface area contributed by atoms with Crippen molar-refractivity contribution < 1.29 is 18.3 Å². The lowest BCUT2D eigenvalue weighted by Crippen LogP contribution is -2.12. The van der Waals surface area contributed by atoms with Crippen molar-refractivity contribution in [1.82, 2.24) is 0 Å². The first kappa shape index (κ1) is 27.8. The van der Waals surface area contributed by atoms with Crippen molar-refractivity contribution in [3.8, 4) is 11.8 Å². The molecule has 3 nitrogen and oxygen atoms in total. The Morgan fingerprint density at radius 2 is 1.56 bits per heavy atom. The maximum Gasteiger partial charge on any atom is 0.343 e. The van der Waals surface area contributed by atoms with E-state index in [0.717, 1.165) is 44.1 Å². The zero-order chi connectivity index (χ0) is 26.0. The molecule has 194 valence electrons. The monoisotopic (exact) mass is 495 g/mol. The summed E-state index contributed by atoms with van der Waals surface area (Å²) in [5.41, 5.74) is 0.972. The molecule has 0 aromatic heterocycles. The zero-order valence-corrected chi connectivity index (χ0v) is 21.8. The Labute approximate surface area is 214 Å². The minimum atomic E-state index is -1.13. The number of hydrogen-bond acceptors (Lipinski definition) is 3. The predicted molar refractivity (Wildman–Crippen MR) is 139 cm³/mol. The summed E-state index contributed by atoms with van der Waals surface area (Å²) in [6.45, 7) is 4.34. The van der Waals surface area contributed by atoms with Gasteiger partial charge in [0.25, 0.3) is 0 Å². The van der Waals surface area contributed by atoms with Gasteiger partial charge in [0.15, 0.2) is 11.6 Å². The summed E-state index contributed by atoms with van der Waals surface area (Å²) in [5.74, 6) is -2.88. The quantitative estimate of drug-likeness (QED) is 0.141. The van der Waals surface area contributed by atoms with E-state index in [4.69, 9.17) is 4.74 Å². The number of carbonyl (C=O) groups is 1. The molecule has 0 spiro atoms. The molecule has 1 saturated carbocycles. The third-order valence-electron chi connectivity index (χ3n) is 7.48. The van der Waals surface area contributed by atoms with E-state index in [1.54, 1.807) is 24.3 Å². The highest BCUT2D eigenvalue weighted by Crippen LogP contribution is 2.56. The van der Waals surface area contributed by atoms with Gasteiger partial charge in [-0.15, -0.1) is 0 Å². The number of esters is 1. The van der Waals surface area contributed by atoms with Crippen LogP contribution in [0.2, 0.25) is 0 Å². The van der Waals surface area contributed by atoms with Gasteiger partial charge in [0, 0.05) is 0 Å². The summed E-state index contributed by atoms with van der Waals surface area (Å²) in [5, 5.41) is 9.82. The third-order valence-corrected chi connectivity index (χ3v) is 7.48. The van der Waals surface area contributed by atoms with Crippen molar-refractivity contribution in [1.29, 1.82) is 5.26 Å². The number of carbonyl (C=O) groups excluding carboxylic acids is 1. The molecule has 0 unspecified atom stereocenters. The lowest BCUT2D eigenvalue weighted by molar-refractivity contribution is 0.0726.